The summed E-state index contributed by atoms with van der Waals surface area (Å²) in [4.78, 5) is 22.5. The lowest BCUT2D eigenvalue weighted by Gasteiger charge is -2.21. The molecule has 1 saturated carbocycles. The zero-order valence-corrected chi connectivity index (χ0v) is 12.1. The van der Waals surface area contributed by atoms with Gasteiger partial charge in [0.1, 0.15) is 5.69 Å². The predicted molar refractivity (Wildman–Crippen MR) is 79.5 cm³/mol. The minimum absolute atomic E-state index is 0.121. The number of ether oxygens (including phenoxy) is 1. The van der Waals surface area contributed by atoms with Gasteiger partial charge in [-0.3, -0.25) is 10.1 Å². The van der Waals surface area contributed by atoms with Gasteiger partial charge in [-0.1, -0.05) is 19.3 Å². The van der Waals surface area contributed by atoms with Crippen LogP contribution >= 0.6 is 0 Å². The summed E-state index contributed by atoms with van der Waals surface area (Å²) < 4.78 is 5.29. The number of nitro groups is 1. The van der Waals surface area contributed by atoms with E-state index in [9.17, 15) is 14.9 Å². The van der Waals surface area contributed by atoms with Gasteiger partial charge in [0.25, 0.3) is 5.69 Å². The highest BCUT2D eigenvalue weighted by atomic mass is 16.6. The van der Waals surface area contributed by atoms with Gasteiger partial charge in [0.05, 0.1) is 17.1 Å². The molecule has 1 N–H and O–H groups in total. The maximum atomic E-state index is 12.0. The van der Waals surface area contributed by atoms with Gasteiger partial charge in [0.15, 0.2) is 0 Å². The quantitative estimate of drug-likeness (QED) is 0.511. The average molecular weight is 292 g/mol. The summed E-state index contributed by atoms with van der Waals surface area (Å²) in [6.07, 6.45) is 5.80. The number of hydrogen-bond acceptors (Lipinski definition) is 5. The molecule has 6 heteroatoms. The van der Waals surface area contributed by atoms with Gasteiger partial charge < -0.3 is 10.1 Å². The normalized spacial score (nSPS) is 15.5. The fourth-order valence-corrected chi connectivity index (χ4v) is 2.65. The van der Waals surface area contributed by atoms with E-state index < -0.39 is 10.9 Å². The molecule has 1 fully saturated rings. The molecule has 114 valence electrons. The number of carbonyl (C=O) groups is 1. The van der Waals surface area contributed by atoms with Crippen LogP contribution in [0.1, 0.15) is 42.5 Å². The predicted octanol–water partition coefficient (Wildman–Crippen LogP) is 3.37. The number of benzene rings is 1. The number of anilines is 1. The van der Waals surface area contributed by atoms with Crippen LogP contribution < -0.4 is 5.32 Å². The van der Waals surface area contributed by atoms with Gasteiger partial charge in [0, 0.05) is 13.1 Å². The average Bonchev–Trinajstić information content (AvgIpc) is 2.52. The van der Waals surface area contributed by atoms with Gasteiger partial charge in [-0.25, -0.2) is 4.79 Å². The Kier molecular flexibility index (Phi) is 5.14. The molecule has 1 aromatic carbocycles. The Labute approximate surface area is 123 Å². The van der Waals surface area contributed by atoms with Crippen LogP contribution in [-0.2, 0) is 4.74 Å². The standard InChI is InChI=1S/C15H20N2O4/c1-16-13-8-7-12(9-14(13)17(19)20)15(18)21-10-11-5-3-2-4-6-11/h7-9,11,16H,2-6,10H2,1H3. The van der Waals surface area contributed by atoms with Crippen LogP contribution in [0.5, 0.6) is 0 Å². The van der Waals surface area contributed by atoms with E-state index >= 15 is 0 Å². The van der Waals surface area contributed by atoms with Crippen LogP contribution in [0.2, 0.25) is 0 Å². The number of nitrogens with one attached hydrogen (secondary N) is 1. The third-order valence-corrected chi connectivity index (χ3v) is 3.87. The van der Waals surface area contributed by atoms with Crippen LogP contribution in [0.4, 0.5) is 11.4 Å². The third kappa shape index (κ3) is 3.93. The van der Waals surface area contributed by atoms with E-state index in [-0.39, 0.29) is 11.3 Å². The van der Waals surface area contributed by atoms with Crippen LogP contribution in [0.3, 0.4) is 0 Å². The van der Waals surface area contributed by atoms with E-state index in [4.69, 9.17) is 4.74 Å². The van der Waals surface area contributed by atoms with Crippen molar-refractivity contribution in [1.82, 2.24) is 0 Å². The molecule has 2 rings (SSSR count). The second kappa shape index (κ2) is 7.06. The summed E-state index contributed by atoms with van der Waals surface area (Å²) in [5, 5.41) is 13.7. The Morgan fingerprint density at radius 1 is 1.38 bits per heavy atom. The van der Waals surface area contributed by atoms with E-state index in [0.29, 0.717) is 18.2 Å². The number of nitro benzene ring substituents is 1. The molecule has 1 aliphatic carbocycles. The molecule has 0 aromatic heterocycles. The lowest BCUT2D eigenvalue weighted by atomic mass is 9.90. The van der Waals surface area contributed by atoms with Crippen molar-refractivity contribution >= 4 is 17.3 Å². The Balaban J connectivity index is 2.01. The molecule has 0 unspecified atom stereocenters. The van der Waals surface area contributed by atoms with Gasteiger partial charge in [-0.05, 0) is 30.9 Å². The first kappa shape index (κ1) is 15.3. The molecule has 1 aromatic rings. The molecule has 6 nitrogen and oxygen atoms in total. The summed E-state index contributed by atoms with van der Waals surface area (Å²) in [7, 11) is 1.60. The van der Waals surface area contributed by atoms with Crippen molar-refractivity contribution in [3.63, 3.8) is 0 Å². The summed E-state index contributed by atoms with van der Waals surface area (Å²) in [5.41, 5.74) is 0.477. The minimum atomic E-state index is -0.510. The fraction of sp³-hybridized carbons (Fsp3) is 0.533. The molecule has 21 heavy (non-hydrogen) atoms. The SMILES string of the molecule is CNc1ccc(C(=O)OCC2CCCCC2)cc1[N+](=O)[O-]. The summed E-state index contributed by atoms with van der Waals surface area (Å²) in [6.45, 7) is 0.403. The zero-order chi connectivity index (χ0) is 15.2. The van der Waals surface area contributed by atoms with Crippen molar-refractivity contribution in [3.05, 3.63) is 33.9 Å². The maximum Gasteiger partial charge on any atom is 0.338 e. The van der Waals surface area contributed by atoms with Crippen molar-refractivity contribution in [2.75, 3.05) is 19.0 Å². The highest BCUT2D eigenvalue weighted by Crippen LogP contribution is 2.26. The largest absolute Gasteiger partial charge is 0.462 e. The van der Waals surface area contributed by atoms with Crippen molar-refractivity contribution < 1.29 is 14.5 Å². The van der Waals surface area contributed by atoms with Gasteiger partial charge >= 0.3 is 5.97 Å². The molecular formula is C15H20N2O4. The zero-order valence-electron chi connectivity index (χ0n) is 12.1. The van der Waals surface area contributed by atoms with Crippen molar-refractivity contribution in [3.8, 4) is 0 Å². The van der Waals surface area contributed by atoms with E-state index in [1.807, 2.05) is 0 Å². The molecule has 0 bridgehead atoms. The number of carbonyl (C=O) groups excluding carboxylic acids is 1. The minimum Gasteiger partial charge on any atom is -0.462 e. The highest BCUT2D eigenvalue weighted by molar-refractivity contribution is 5.91. The van der Waals surface area contributed by atoms with Gasteiger partial charge in [0.2, 0.25) is 0 Å². The number of esters is 1. The number of hydrogen-bond donors (Lipinski definition) is 1. The summed E-state index contributed by atoms with van der Waals surface area (Å²) in [5.74, 6) is -0.0689. The third-order valence-electron chi connectivity index (χ3n) is 3.87. The molecule has 0 amide bonds. The highest BCUT2D eigenvalue weighted by Gasteiger charge is 2.19. The fourth-order valence-electron chi connectivity index (χ4n) is 2.65. The first-order chi connectivity index (χ1) is 10.1. The molecule has 0 heterocycles. The maximum absolute atomic E-state index is 12.0. The Hall–Kier alpha value is -2.11. The summed E-state index contributed by atoms with van der Waals surface area (Å²) >= 11 is 0. The molecule has 0 atom stereocenters. The molecule has 0 spiro atoms. The Bertz CT molecular complexity index is 524. The smallest absolute Gasteiger partial charge is 0.338 e. The molecular weight excluding hydrogens is 272 g/mol. The van der Waals surface area contributed by atoms with E-state index in [1.165, 1.54) is 31.4 Å². The van der Waals surface area contributed by atoms with Gasteiger partial charge in [-0.15, -0.1) is 0 Å². The Morgan fingerprint density at radius 3 is 2.71 bits per heavy atom. The lowest BCUT2D eigenvalue weighted by molar-refractivity contribution is -0.384. The Morgan fingerprint density at radius 2 is 2.10 bits per heavy atom. The molecule has 0 radical (unpaired) electrons. The number of rotatable bonds is 5. The van der Waals surface area contributed by atoms with Crippen molar-refractivity contribution in [2.45, 2.75) is 32.1 Å². The van der Waals surface area contributed by atoms with E-state index in [2.05, 4.69) is 5.32 Å². The second-order valence-electron chi connectivity index (χ2n) is 5.34. The van der Waals surface area contributed by atoms with E-state index in [1.54, 1.807) is 13.1 Å². The monoisotopic (exact) mass is 292 g/mol. The van der Waals surface area contributed by atoms with Crippen LogP contribution in [0, 0.1) is 16.0 Å². The first-order valence-corrected chi connectivity index (χ1v) is 7.25. The second-order valence-corrected chi connectivity index (χ2v) is 5.34. The molecule has 0 aliphatic heterocycles. The van der Waals surface area contributed by atoms with Crippen molar-refractivity contribution in [1.29, 1.82) is 0 Å². The van der Waals surface area contributed by atoms with Crippen LogP contribution in [0.15, 0.2) is 18.2 Å². The molecule has 1 aliphatic rings. The lowest BCUT2D eigenvalue weighted by Crippen LogP contribution is -2.17. The van der Waals surface area contributed by atoms with E-state index in [0.717, 1.165) is 12.8 Å². The van der Waals surface area contributed by atoms with Crippen LogP contribution in [-0.4, -0.2) is 24.5 Å². The topological polar surface area (TPSA) is 81.5 Å². The van der Waals surface area contributed by atoms with Crippen molar-refractivity contribution in [2.24, 2.45) is 5.92 Å². The summed E-state index contributed by atoms with van der Waals surface area (Å²) in [6, 6.07) is 4.33. The molecule has 0 saturated heterocycles. The number of nitrogens with zero attached hydrogens (tertiary/aromatic N) is 1. The first-order valence-electron chi connectivity index (χ1n) is 7.25. The van der Waals surface area contributed by atoms with Gasteiger partial charge in [-0.2, -0.15) is 0 Å². The van der Waals surface area contributed by atoms with Crippen LogP contribution in [0.25, 0.3) is 0 Å².